The highest BCUT2D eigenvalue weighted by Gasteiger charge is 2.06. The van der Waals surface area contributed by atoms with Gasteiger partial charge in [0.05, 0.1) is 5.56 Å². The molecule has 3 rings (SSSR count). The van der Waals surface area contributed by atoms with Crippen LogP contribution in [0.4, 0.5) is 5.69 Å². The fourth-order valence-electron chi connectivity index (χ4n) is 2.10. The Morgan fingerprint density at radius 1 is 1.14 bits per heavy atom. The molecule has 3 nitrogen and oxygen atoms in total. The number of hydrogen-bond acceptors (Lipinski definition) is 3. The molecule has 0 radical (unpaired) electrons. The van der Waals surface area contributed by atoms with E-state index >= 15 is 0 Å². The lowest BCUT2D eigenvalue weighted by atomic mass is 10.1. The monoisotopic (exact) mass is 361 g/mol. The third-order valence-electron chi connectivity index (χ3n) is 3.17. The Morgan fingerprint density at radius 2 is 1.90 bits per heavy atom. The summed E-state index contributed by atoms with van der Waals surface area (Å²) in [5, 5.41) is 16.2. The summed E-state index contributed by atoms with van der Waals surface area (Å²) in [6.45, 7) is 0.625. The SMILES string of the molecule is O=C(O)c1csc(CNc2ccc3cc(Br)ccc3c2)c1. The molecule has 1 heterocycles. The van der Waals surface area contributed by atoms with Gasteiger partial charge in [-0.05, 0) is 41.1 Å². The first-order chi connectivity index (χ1) is 10.1. The van der Waals surface area contributed by atoms with Gasteiger partial charge in [0.2, 0.25) is 0 Å². The van der Waals surface area contributed by atoms with Crippen LogP contribution < -0.4 is 5.32 Å². The third-order valence-corrected chi connectivity index (χ3v) is 4.60. The van der Waals surface area contributed by atoms with E-state index in [1.165, 1.54) is 22.1 Å². The van der Waals surface area contributed by atoms with E-state index in [1.54, 1.807) is 11.4 Å². The second kappa shape index (κ2) is 5.87. The molecule has 0 aliphatic carbocycles. The van der Waals surface area contributed by atoms with Gasteiger partial charge >= 0.3 is 5.97 Å². The number of rotatable bonds is 4. The first kappa shape index (κ1) is 14.1. The van der Waals surface area contributed by atoms with Crippen molar-refractivity contribution in [1.82, 2.24) is 0 Å². The number of carboxylic acid groups (broad SMARTS) is 1. The van der Waals surface area contributed by atoms with Gasteiger partial charge in [-0.25, -0.2) is 4.79 Å². The van der Waals surface area contributed by atoms with Gasteiger partial charge in [0.25, 0.3) is 0 Å². The molecule has 0 aliphatic heterocycles. The Hall–Kier alpha value is -1.85. The van der Waals surface area contributed by atoms with Crippen LogP contribution >= 0.6 is 27.3 Å². The molecule has 1 aromatic heterocycles. The van der Waals surface area contributed by atoms with Gasteiger partial charge in [-0.3, -0.25) is 0 Å². The molecule has 0 saturated carbocycles. The van der Waals surface area contributed by atoms with Gasteiger partial charge in [0.1, 0.15) is 0 Å². The zero-order valence-electron chi connectivity index (χ0n) is 11.0. The number of anilines is 1. The van der Waals surface area contributed by atoms with Gasteiger partial charge < -0.3 is 10.4 Å². The van der Waals surface area contributed by atoms with Crippen molar-refractivity contribution >= 4 is 49.7 Å². The van der Waals surface area contributed by atoms with Gasteiger partial charge in [-0.1, -0.05) is 28.1 Å². The van der Waals surface area contributed by atoms with Crippen LogP contribution in [0.15, 0.2) is 52.3 Å². The average molecular weight is 362 g/mol. The molecule has 0 fully saturated rings. The largest absolute Gasteiger partial charge is 0.478 e. The van der Waals surface area contributed by atoms with Crippen molar-refractivity contribution in [2.75, 3.05) is 5.32 Å². The van der Waals surface area contributed by atoms with E-state index in [2.05, 4.69) is 45.5 Å². The minimum Gasteiger partial charge on any atom is -0.478 e. The molecule has 0 unspecified atom stereocenters. The van der Waals surface area contributed by atoms with Crippen LogP contribution in [0.25, 0.3) is 10.8 Å². The number of carboxylic acids is 1. The maximum atomic E-state index is 10.8. The zero-order valence-corrected chi connectivity index (χ0v) is 13.4. The van der Waals surface area contributed by atoms with E-state index in [0.29, 0.717) is 12.1 Å². The number of fused-ring (bicyclic) bond motifs is 1. The number of aromatic carboxylic acids is 1. The van der Waals surface area contributed by atoms with Crippen LogP contribution in [0, 0.1) is 0 Å². The predicted molar refractivity (Wildman–Crippen MR) is 90.3 cm³/mol. The summed E-state index contributed by atoms with van der Waals surface area (Å²) >= 11 is 4.92. The molecule has 3 aromatic rings. The van der Waals surface area contributed by atoms with Gasteiger partial charge in [0, 0.05) is 27.0 Å². The minimum absolute atomic E-state index is 0.347. The van der Waals surface area contributed by atoms with Crippen LogP contribution in [0.2, 0.25) is 0 Å². The number of nitrogens with one attached hydrogen (secondary N) is 1. The lowest BCUT2D eigenvalue weighted by Crippen LogP contribution is -1.98. The molecule has 0 aliphatic rings. The Kier molecular flexibility index (Phi) is 3.94. The predicted octanol–water partition coefficient (Wildman–Crippen LogP) is 4.97. The van der Waals surface area contributed by atoms with Crippen molar-refractivity contribution in [3.05, 3.63) is 62.8 Å². The number of hydrogen-bond donors (Lipinski definition) is 2. The highest BCUT2D eigenvalue weighted by molar-refractivity contribution is 9.10. The minimum atomic E-state index is -0.881. The zero-order chi connectivity index (χ0) is 14.8. The summed E-state index contributed by atoms with van der Waals surface area (Å²) in [4.78, 5) is 11.8. The van der Waals surface area contributed by atoms with E-state index in [9.17, 15) is 4.79 Å². The molecule has 0 saturated heterocycles. The molecular weight excluding hydrogens is 350 g/mol. The third kappa shape index (κ3) is 3.25. The number of benzene rings is 2. The van der Waals surface area contributed by atoms with E-state index in [-0.39, 0.29) is 0 Å². The van der Waals surface area contributed by atoms with Gasteiger partial charge in [-0.2, -0.15) is 0 Å². The Balaban J connectivity index is 1.75. The fraction of sp³-hybridized carbons (Fsp3) is 0.0625. The molecule has 0 atom stereocenters. The van der Waals surface area contributed by atoms with Crippen LogP contribution in [0.1, 0.15) is 15.2 Å². The van der Waals surface area contributed by atoms with Crippen molar-refractivity contribution in [1.29, 1.82) is 0 Å². The fourth-order valence-corrected chi connectivity index (χ4v) is 3.28. The Bertz CT molecular complexity index is 813. The molecule has 2 N–H and O–H groups in total. The molecule has 0 spiro atoms. The topological polar surface area (TPSA) is 49.3 Å². The van der Waals surface area contributed by atoms with Crippen LogP contribution in [0.3, 0.4) is 0 Å². The summed E-state index contributed by atoms with van der Waals surface area (Å²) in [6, 6.07) is 14.1. The van der Waals surface area contributed by atoms with E-state index in [4.69, 9.17) is 5.11 Å². The molecular formula is C16H12BrNO2S. The number of halogens is 1. The van der Waals surface area contributed by atoms with Gasteiger partial charge in [0.15, 0.2) is 0 Å². The van der Waals surface area contributed by atoms with Crippen molar-refractivity contribution < 1.29 is 9.90 Å². The van der Waals surface area contributed by atoms with Crippen molar-refractivity contribution in [3.63, 3.8) is 0 Å². The standard InChI is InChI=1S/C16H12BrNO2S/c17-13-3-1-11-6-14(4-2-10(11)5-13)18-8-15-7-12(9-21-15)16(19)20/h1-7,9,18H,8H2,(H,19,20). The molecule has 5 heteroatoms. The molecule has 106 valence electrons. The maximum absolute atomic E-state index is 10.8. The van der Waals surface area contributed by atoms with Gasteiger partial charge in [-0.15, -0.1) is 11.3 Å². The Labute approximate surface area is 134 Å². The molecule has 21 heavy (non-hydrogen) atoms. The van der Waals surface area contributed by atoms with E-state index < -0.39 is 5.97 Å². The maximum Gasteiger partial charge on any atom is 0.336 e. The van der Waals surface area contributed by atoms with Crippen LogP contribution in [-0.2, 0) is 6.54 Å². The lowest BCUT2D eigenvalue weighted by Gasteiger charge is -2.06. The van der Waals surface area contributed by atoms with E-state index in [0.717, 1.165) is 15.0 Å². The molecule has 0 bridgehead atoms. The van der Waals surface area contributed by atoms with Crippen molar-refractivity contribution in [3.8, 4) is 0 Å². The summed E-state index contributed by atoms with van der Waals surface area (Å²) in [5.74, 6) is -0.881. The first-order valence-electron chi connectivity index (χ1n) is 6.36. The van der Waals surface area contributed by atoms with Crippen molar-refractivity contribution in [2.45, 2.75) is 6.54 Å². The Morgan fingerprint density at radius 3 is 2.67 bits per heavy atom. The normalized spacial score (nSPS) is 10.7. The summed E-state index contributed by atoms with van der Waals surface area (Å²) in [6.07, 6.45) is 0. The molecule has 2 aromatic carbocycles. The second-order valence-corrected chi connectivity index (χ2v) is 6.58. The smallest absolute Gasteiger partial charge is 0.336 e. The number of carbonyl (C=O) groups is 1. The quantitative estimate of drug-likeness (QED) is 0.689. The summed E-state index contributed by atoms with van der Waals surface area (Å²) < 4.78 is 1.07. The van der Waals surface area contributed by atoms with Crippen molar-refractivity contribution in [2.24, 2.45) is 0 Å². The highest BCUT2D eigenvalue weighted by Crippen LogP contribution is 2.24. The lowest BCUT2D eigenvalue weighted by molar-refractivity contribution is 0.0697. The summed E-state index contributed by atoms with van der Waals surface area (Å²) in [5.41, 5.74) is 1.37. The first-order valence-corrected chi connectivity index (χ1v) is 8.03. The number of thiophene rings is 1. The average Bonchev–Trinajstić information content (AvgIpc) is 2.94. The molecule has 0 amide bonds. The summed E-state index contributed by atoms with van der Waals surface area (Å²) in [7, 11) is 0. The highest BCUT2D eigenvalue weighted by atomic mass is 79.9. The second-order valence-electron chi connectivity index (χ2n) is 4.67. The van der Waals surface area contributed by atoms with Crippen LogP contribution in [0.5, 0.6) is 0 Å². The van der Waals surface area contributed by atoms with Crippen LogP contribution in [-0.4, -0.2) is 11.1 Å². The van der Waals surface area contributed by atoms with E-state index in [1.807, 2.05) is 12.1 Å².